The zero-order valence-electron chi connectivity index (χ0n) is 18.4. The molecular formula is C23H40O6. The molecule has 0 saturated heterocycles. The van der Waals surface area contributed by atoms with Gasteiger partial charge >= 0.3 is 5.97 Å². The average Bonchev–Trinajstić information content (AvgIpc) is 2.77. The van der Waals surface area contributed by atoms with Gasteiger partial charge in [-0.15, -0.1) is 0 Å². The van der Waals surface area contributed by atoms with E-state index in [9.17, 15) is 9.59 Å². The highest BCUT2D eigenvalue weighted by Gasteiger charge is 2.31. The van der Waals surface area contributed by atoms with E-state index < -0.39 is 5.97 Å². The highest BCUT2D eigenvalue weighted by atomic mass is 16.5. The fraction of sp³-hybridized carbons (Fsp3) is 0.739. The molecule has 168 valence electrons. The Morgan fingerprint density at radius 3 is 1.86 bits per heavy atom. The van der Waals surface area contributed by atoms with Crippen molar-refractivity contribution in [1.29, 1.82) is 0 Å². The number of carbonyl (C=O) groups is 2. The SMILES string of the molecule is C=C(C=O)CO.C=C(CO)C(=O)OCC(COC)C1CCC(C(CC)CC)CC1. The van der Waals surface area contributed by atoms with Gasteiger partial charge in [-0.1, -0.05) is 39.8 Å². The van der Waals surface area contributed by atoms with E-state index >= 15 is 0 Å². The third-order valence-corrected chi connectivity index (χ3v) is 5.86. The molecule has 29 heavy (non-hydrogen) atoms. The lowest BCUT2D eigenvalue weighted by atomic mass is 9.71. The molecule has 1 saturated carbocycles. The molecule has 0 radical (unpaired) electrons. The first-order valence-electron chi connectivity index (χ1n) is 10.6. The van der Waals surface area contributed by atoms with Crippen molar-refractivity contribution in [2.24, 2.45) is 23.7 Å². The van der Waals surface area contributed by atoms with Crippen LogP contribution in [0, 0.1) is 23.7 Å². The van der Waals surface area contributed by atoms with Crippen LogP contribution in [0.15, 0.2) is 24.3 Å². The number of hydrogen-bond donors (Lipinski definition) is 2. The lowest BCUT2D eigenvalue weighted by Crippen LogP contribution is -2.31. The molecule has 0 aromatic rings. The predicted octanol–water partition coefficient (Wildman–Crippen LogP) is 3.32. The molecule has 0 amide bonds. The second kappa shape index (κ2) is 16.3. The fourth-order valence-corrected chi connectivity index (χ4v) is 3.96. The summed E-state index contributed by atoms with van der Waals surface area (Å²) in [4.78, 5) is 21.1. The van der Waals surface area contributed by atoms with Gasteiger partial charge in [-0.25, -0.2) is 4.79 Å². The van der Waals surface area contributed by atoms with Crippen molar-refractivity contribution in [3.05, 3.63) is 24.3 Å². The van der Waals surface area contributed by atoms with Crippen LogP contribution in [0.1, 0.15) is 52.4 Å². The number of aliphatic hydroxyl groups is 2. The Morgan fingerprint density at radius 2 is 1.52 bits per heavy atom. The molecule has 1 fully saturated rings. The summed E-state index contributed by atoms with van der Waals surface area (Å²) in [6, 6.07) is 0. The van der Waals surface area contributed by atoms with Crippen LogP contribution >= 0.6 is 0 Å². The number of rotatable bonds is 12. The standard InChI is InChI=1S/C19H34O4.C4H6O2/c1-5-15(6-2)16-7-9-17(10-8-16)18(12-22-4)13-23-19(21)14(3)11-20;1-4(2-5)3-6/h15-18,20H,3,5-13H2,1-2,4H3;2,6H,1,3H2. The second-order valence-corrected chi connectivity index (χ2v) is 7.76. The summed E-state index contributed by atoms with van der Waals surface area (Å²) in [6.07, 6.45) is 7.99. The van der Waals surface area contributed by atoms with E-state index in [1.165, 1.54) is 38.5 Å². The van der Waals surface area contributed by atoms with E-state index in [4.69, 9.17) is 19.7 Å². The second-order valence-electron chi connectivity index (χ2n) is 7.76. The Hall–Kier alpha value is -1.50. The van der Waals surface area contributed by atoms with Crippen LogP contribution in [0.5, 0.6) is 0 Å². The molecule has 2 N–H and O–H groups in total. The van der Waals surface area contributed by atoms with Gasteiger partial charge in [0.05, 0.1) is 32.0 Å². The minimum absolute atomic E-state index is 0.110. The van der Waals surface area contributed by atoms with Gasteiger partial charge < -0.3 is 19.7 Å². The summed E-state index contributed by atoms with van der Waals surface area (Å²) in [5.74, 6) is 1.98. The third-order valence-electron chi connectivity index (χ3n) is 5.86. The lowest BCUT2D eigenvalue weighted by Gasteiger charge is -2.36. The van der Waals surface area contributed by atoms with Crippen molar-refractivity contribution >= 4 is 12.3 Å². The highest BCUT2D eigenvalue weighted by molar-refractivity contribution is 5.87. The van der Waals surface area contributed by atoms with Crippen molar-refractivity contribution in [2.45, 2.75) is 52.4 Å². The van der Waals surface area contributed by atoms with Crippen molar-refractivity contribution in [1.82, 2.24) is 0 Å². The number of aldehydes is 1. The number of carbonyl (C=O) groups excluding carboxylic acids is 2. The van der Waals surface area contributed by atoms with Crippen molar-refractivity contribution in [3.63, 3.8) is 0 Å². The van der Waals surface area contributed by atoms with E-state index in [1.54, 1.807) is 7.11 Å². The first-order chi connectivity index (χ1) is 13.9. The van der Waals surface area contributed by atoms with Crippen LogP contribution in [0.2, 0.25) is 0 Å². The van der Waals surface area contributed by atoms with Crippen LogP contribution < -0.4 is 0 Å². The van der Waals surface area contributed by atoms with Gasteiger partial charge in [0.15, 0.2) is 0 Å². The molecule has 1 aliphatic rings. The smallest absolute Gasteiger partial charge is 0.335 e. The first kappa shape index (κ1) is 27.5. The quantitative estimate of drug-likeness (QED) is 0.290. The maximum atomic E-state index is 11.7. The van der Waals surface area contributed by atoms with Gasteiger partial charge in [0.1, 0.15) is 6.29 Å². The molecule has 1 rings (SSSR count). The fourth-order valence-electron chi connectivity index (χ4n) is 3.96. The minimum Gasteiger partial charge on any atom is -0.462 e. The molecule has 0 spiro atoms. The average molecular weight is 413 g/mol. The maximum Gasteiger partial charge on any atom is 0.335 e. The van der Waals surface area contributed by atoms with Gasteiger partial charge in [-0.3, -0.25) is 4.79 Å². The molecule has 0 aromatic carbocycles. The Morgan fingerprint density at radius 1 is 1.00 bits per heavy atom. The van der Waals surface area contributed by atoms with Gasteiger partial charge in [0, 0.05) is 18.6 Å². The highest BCUT2D eigenvalue weighted by Crippen LogP contribution is 2.39. The van der Waals surface area contributed by atoms with Gasteiger partial charge in [-0.05, 0) is 43.4 Å². The lowest BCUT2D eigenvalue weighted by molar-refractivity contribution is -0.142. The Bertz CT molecular complexity index is 490. The summed E-state index contributed by atoms with van der Waals surface area (Å²) in [6.45, 7) is 11.6. The summed E-state index contributed by atoms with van der Waals surface area (Å²) < 4.78 is 10.6. The van der Waals surface area contributed by atoms with Crippen molar-refractivity contribution in [3.8, 4) is 0 Å². The molecule has 6 heteroatoms. The number of ether oxygens (including phenoxy) is 2. The zero-order chi connectivity index (χ0) is 22.2. The number of aliphatic hydroxyl groups excluding tert-OH is 2. The summed E-state index contributed by atoms with van der Waals surface area (Å²) in [5.41, 5.74) is 0.327. The number of methoxy groups -OCH3 is 1. The van der Waals surface area contributed by atoms with E-state index in [0.29, 0.717) is 25.4 Å². The molecule has 1 aliphatic carbocycles. The van der Waals surface area contributed by atoms with Gasteiger partial charge in [0.2, 0.25) is 0 Å². The normalized spacial score (nSPS) is 19.7. The molecule has 0 aliphatic heterocycles. The number of esters is 1. The topological polar surface area (TPSA) is 93.1 Å². The van der Waals surface area contributed by atoms with Crippen LogP contribution in [0.4, 0.5) is 0 Å². The Labute approximate surface area is 176 Å². The molecule has 0 heterocycles. The van der Waals surface area contributed by atoms with Crippen molar-refractivity contribution in [2.75, 3.05) is 33.5 Å². The minimum atomic E-state index is -0.501. The summed E-state index contributed by atoms with van der Waals surface area (Å²) >= 11 is 0. The Balaban J connectivity index is 0.00000113. The maximum absolute atomic E-state index is 11.7. The van der Waals surface area contributed by atoms with Crippen LogP contribution in [0.25, 0.3) is 0 Å². The van der Waals surface area contributed by atoms with E-state index in [1.807, 2.05) is 0 Å². The first-order valence-corrected chi connectivity index (χ1v) is 10.6. The molecule has 0 aromatic heterocycles. The molecule has 6 nitrogen and oxygen atoms in total. The van der Waals surface area contributed by atoms with E-state index in [0.717, 1.165) is 11.8 Å². The number of hydrogen-bond acceptors (Lipinski definition) is 6. The molecule has 0 bridgehead atoms. The molecule has 1 unspecified atom stereocenters. The Kier molecular flexibility index (Phi) is 15.5. The third kappa shape index (κ3) is 10.7. The summed E-state index contributed by atoms with van der Waals surface area (Å²) in [5, 5.41) is 16.9. The molecule has 1 atom stereocenters. The summed E-state index contributed by atoms with van der Waals surface area (Å²) in [7, 11) is 1.69. The van der Waals surface area contributed by atoms with Crippen LogP contribution in [0.3, 0.4) is 0 Å². The zero-order valence-corrected chi connectivity index (χ0v) is 18.4. The molecular weight excluding hydrogens is 372 g/mol. The van der Waals surface area contributed by atoms with Crippen molar-refractivity contribution < 1.29 is 29.3 Å². The van der Waals surface area contributed by atoms with Crippen LogP contribution in [-0.4, -0.2) is 56.0 Å². The largest absolute Gasteiger partial charge is 0.462 e. The van der Waals surface area contributed by atoms with E-state index in [-0.39, 0.29) is 30.3 Å². The monoisotopic (exact) mass is 412 g/mol. The van der Waals surface area contributed by atoms with Crippen LogP contribution in [-0.2, 0) is 19.1 Å². The van der Waals surface area contributed by atoms with E-state index in [2.05, 4.69) is 27.0 Å². The van der Waals surface area contributed by atoms with Gasteiger partial charge in [0.25, 0.3) is 0 Å². The predicted molar refractivity (Wildman–Crippen MR) is 114 cm³/mol. The van der Waals surface area contributed by atoms with Gasteiger partial charge in [-0.2, -0.15) is 0 Å².